The van der Waals surface area contributed by atoms with E-state index in [2.05, 4.69) is 9.98 Å². The molecule has 0 bridgehead atoms. The van der Waals surface area contributed by atoms with Crippen molar-refractivity contribution in [2.75, 3.05) is 26.3 Å². The number of aliphatic hydroxyl groups excluding tert-OH is 2. The molecule has 0 aliphatic rings. The van der Waals surface area contributed by atoms with Crippen molar-refractivity contribution < 1.29 is 19.7 Å². The maximum absolute atomic E-state index is 8.93. The van der Waals surface area contributed by atoms with Crippen LogP contribution in [0, 0.1) is 0 Å². The first kappa shape index (κ1) is 21.2. The lowest BCUT2D eigenvalue weighted by molar-refractivity contribution is 0.307. The van der Waals surface area contributed by atoms with Gasteiger partial charge < -0.3 is 19.7 Å². The van der Waals surface area contributed by atoms with E-state index >= 15 is 0 Å². The number of rotatable bonds is 10. The minimum absolute atomic E-state index is 0.00276. The zero-order valence-electron chi connectivity index (χ0n) is 16.5. The first-order chi connectivity index (χ1) is 14.8. The van der Waals surface area contributed by atoms with Crippen LogP contribution in [0.5, 0.6) is 23.0 Å². The maximum Gasteiger partial charge on any atom is 0.169 e. The van der Waals surface area contributed by atoms with E-state index in [1.165, 1.54) is 0 Å². The van der Waals surface area contributed by atoms with Gasteiger partial charge in [-0.1, -0.05) is 36.4 Å². The number of benzene rings is 3. The second kappa shape index (κ2) is 11.5. The molecular weight excluding hydrogens is 380 g/mol. The van der Waals surface area contributed by atoms with Gasteiger partial charge in [-0.2, -0.15) is 0 Å². The van der Waals surface area contributed by atoms with Crippen LogP contribution < -0.4 is 9.47 Å². The highest BCUT2D eigenvalue weighted by molar-refractivity contribution is 5.84. The monoisotopic (exact) mass is 404 g/mol. The van der Waals surface area contributed by atoms with Crippen molar-refractivity contribution in [3.8, 4) is 23.0 Å². The van der Waals surface area contributed by atoms with Gasteiger partial charge in [-0.05, 0) is 36.4 Å². The Morgan fingerprint density at radius 3 is 1.33 bits per heavy atom. The Labute approximate surface area is 175 Å². The molecule has 6 nitrogen and oxygen atoms in total. The van der Waals surface area contributed by atoms with Gasteiger partial charge in [0.05, 0.1) is 26.3 Å². The average Bonchev–Trinajstić information content (AvgIpc) is 2.78. The van der Waals surface area contributed by atoms with E-state index in [-0.39, 0.29) is 13.2 Å². The number of ether oxygens (including phenoxy) is 2. The normalized spacial score (nSPS) is 11.3. The van der Waals surface area contributed by atoms with Gasteiger partial charge in [-0.3, -0.25) is 9.98 Å². The molecule has 0 heterocycles. The highest BCUT2D eigenvalue weighted by atomic mass is 16.5. The largest absolute Gasteiger partial charge is 0.453 e. The quantitative estimate of drug-likeness (QED) is 0.499. The van der Waals surface area contributed by atoms with E-state index in [0.29, 0.717) is 36.1 Å². The predicted molar refractivity (Wildman–Crippen MR) is 119 cm³/mol. The average molecular weight is 404 g/mol. The second-order valence-corrected chi connectivity index (χ2v) is 6.24. The van der Waals surface area contributed by atoms with Crippen molar-refractivity contribution in [3.63, 3.8) is 0 Å². The molecule has 3 rings (SSSR count). The number of aliphatic hydroxyl groups is 2. The summed E-state index contributed by atoms with van der Waals surface area (Å²) in [6, 6.07) is 22.5. The standard InChI is InChI=1S/C24H24N2O4/c27-15-13-25-17-19-7-1-3-9-21(19)29-23-11-5-6-12-24(23)30-22-10-4-2-8-20(22)18-26-14-16-28/h1-12,17-18,27-28H,13-16H2. The van der Waals surface area contributed by atoms with E-state index in [1.807, 2.05) is 72.8 Å². The molecule has 0 aromatic heterocycles. The zero-order chi connectivity index (χ0) is 21.0. The molecule has 6 heteroatoms. The van der Waals surface area contributed by atoms with Crippen molar-refractivity contribution >= 4 is 12.4 Å². The summed E-state index contributed by atoms with van der Waals surface area (Å²) in [4.78, 5) is 8.36. The van der Waals surface area contributed by atoms with Crippen molar-refractivity contribution in [1.82, 2.24) is 0 Å². The van der Waals surface area contributed by atoms with Gasteiger partial charge in [0, 0.05) is 23.6 Å². The molecule has 30 heavy (non-hydrogen) atoms. The number of aliphatic imine (C=N–C) groups is 2. The molecule has 2 N–H and O–H groups in total. The lowest BCUT2D eigenvalue weighted by Crippen LogP contribution is -1.96. The second-order valence-electron chi connectivity index (χ2n) is 6.24. The molecule has 0 fully saturated rings. The van der Waals surface area contributed by atoms with E-state index in [0.717, 1.165) is 11.1 Å². The number of hydrogen-bond acceptors (Lipinski definition) is 6. The van der Waals surface area contributed by atoms with Gasteiger partial charge in [0.25, 0.3) is 0 Å². The SMILES string of the molecule is OCCN=Cc1ccccc1Oc1ccccc1Oc1ccccc1C=NCCO. The van der Waals surface area contributed by atoms with E-state index < -0.39 is 0 Å². The van der Waals surface area contributed by atoms with Crippen LogP contribution in [0.2, 0.25) is 0 Å². The zero-order valence-corrected chi connectivity index (χ0v) is 16.5. The lowest BCUT2D eigenvalue weighted by atomic mass is 10.2. The molecule has 3 aromatic rings. The highest BCUT2D eigenvalue weighted by Crippen LogP contribution is 2.36. The summed E-state index contributed by atoms with van der Waals surface area (Å²) >= 11 is 0. The fourth-order valence-electron chi connectivity index (χ4n) is 2.66. The summed E-state index contributed by atoms with van der Waals surface area (Å²) in [5.74, 6) is 2.38. The minimum Gasteiger partial charge on any atom is -0.453 e. The van der Waals surface area contributed by atoms with Crippen LogP contribution >= 0.6 is 0 Å². The summed E-state index contributed by atoms with van der Waals surface area (Å²) in [6.07, 6.45) is 3.36. The van der Waals surface area contributed by atoms with Crippen LogP contribution in [0.1, 0.15) is 11.1 Å². The molecule has 0 saturated carbocycles. The Hall–Kier alpha value is -3.48. The van der Waals surface area contributed by atoms with Gasteiger partial charge >= 0.3 is 0 Å². The van der Waals surface area contributed by atoms with Gasteiger partial charge in [0.1, 0.15) is 11.5 Å². The first-order valence-corrected chi connectivity index (χ1v) is 9.66. The van der Waals surface area contributed by atoms with Gasteiger partial charge in [-0.15, -0.1) is 0 Å². The van der Waals surface area contributed by atoms with Crippen LogP contribution in [0.3, 0.4) is 0 Å². The van der Waals surface area contributed by atoms with Gasteiger partial charge in [-0.25, -0.2) is 0 Å². The summed E-state index contributed by atoms with van der Waals surface area (Å²) in [5, 5.41) is 17.9. The molecular formula is C24H24N2O4. The van der Waals surface area contributed by atoms with Crippen molar-refractivity contribution in [1.29, 1.82) is 0 Å². The third kappa shape index (κ3) is 6.01. The van der Waals surface area contributed by atoms with E-state index in [1.54, 1.807) is 12.4 Å². The Morgan fingerprint density at radius 2 is 0.933 bits per heavy atom. The molecule has 0 aliphatic heterocycles. The molecule has 0 unspecified atom stereocenters. The molecule has 0 spiro atoms. The van der Waals surface area contributed by atoms with Crippen LogP contribution in [-0.2, 0) is 0 Å². The summed E-state index contributed by atoms with van der Waals surface area (Å²) in [6.45, 7) is 0.666. The van der Waals surface area contributed by atoms with E-state index in [9.17, 15) is 0 Å². The number of para-hydroxylation sites is 4. The van der Waals surface area contributed by atoms with Crippen LogP contribution in [0.4, 0.5) is 0 Å². The summed E-state index contributed by atoms with van der Waals surface area (Å²) in [7, 11) is 0. The Morgan fingerprint density at radius 1 is 0.567 bits per heavy atom. The topological polar surface area (TPSA) is 83.6 Å². The maximum atomic E-state index is 8.93. The number of hydrogen-bond donors (Lipinski definition) is 2. The van der Waals surface area contributed by atoms with Crippen LogP contribution in [0.25, 0.3) is 0 Å². The van der Waals surface area contributed by atoms with Crippen LogP contribution in [-0.4, -0.2) is 48.9 Å². The third-order valence-electron chi connectivity index (χ3n) is 4.05. The third-order valence-corrected chi connectivity index (χ3v) is 4.05. The lowest BCUT2D eigenvalue weighted by Gasteiger charge is -2.14. The summed E-state index contributed by atoms with van der Waals surface area (Å²) < 4.78 is 12.3. The summed E-state index contributed by atoms with van der Waals surface area (Å²) in [5.41, 5.74) is 1.61. The minimum atomic E-state index is -0.00276. The molecule has 0 saturated heterocycles. The molecule has 0 aliphatic carbocycles. The van der Waals surface area contributed by atoms with Gasteiger partial charge in [0.2, 0.25) is 0 Å². The van der Waals surface area contributed by atoms with Gasteiger partial charge in [0.15, 0.2) is 11.5 Å². The van der Waals surface area contributed by atoms with Crippen molar-refractivity contribution in [3.05, 3.63) is 83.9 Å². The molecule has 0 radical (unpaired) electrons. The van der Waals surface area contributed by atoms with Crippen molar-refractivity contribution in [2.45, 2.75) is 0 Å². The fraction of sp³-hybridized carbons (Fsp3) is 0.167. The van der Waals surface area contributed by atoms with E-state index in [4.69, 9.17) is 19.7 Å². The smallest absolute Gasteiger partial charge is 0.169 e. The first-order valence-electron chi connectivity index (χ1n) is 9.66. The highest BCUT2D eigenvalue weighted by Gasteiger charge is 2.11. The Balaban J connectivity index is 1.85. The molecule has 3 aromatic carbocycles. The van der Waals surface area contributed by atoms with Crippen molar-refractivity contribution in [2.24, 2.45) is 9.98 Å². The fourth-order valence-corrected chi connectivity index (χ4v) is 2.66. The molecule has 0 atom stereocenters. The molecule has 0 amide bonds. The Kier molecular flexibility index (Phi) is 8.14. The predicted octanol–water partition coefficient (Wildman–Crippen LogP) is 4.09. The Bertz CT molecular complexity index is 921. The molecule has 154 valence electrons. The number of nitrogens with zero attached hydrogens (tertiary/aromatic N) is 2. The van der Waals surface area contributed by atoms with Crippen LogP contribution in [0.15, 0.2) is 82.8 Å².